The molecule has 0 radical (unpaired) electrons. The molecule has 13 heteroatoms. The lowest BCUT2D eigenvalue weighted by molar-refractivity contribution is -0.137. The zero-order chi connectivity index (χ0) is 25.4. The van der Waals surface area contributed by atoms with Gasteiger partial charge in [0, 0.05) is 38.4 Å². The molecule has 1 N–H and O–H groups in total. The fourth-order valence-electron chi connectivity index (χ4n) is 4.60. The molecule has 192 valence electrons. The fourth-order valence-corrected chi connectivity index (χ4v) is 5.19. The van der Waals surface area contributed by atoms with E-state index in [0.29, 0.717) is 44.5 Å². The van der Waals surface area contributed by atoms with Crippen LogP contribution in [-0.4, -0.2) is 78.0 Å². The van der Waals surface area contributed by atoms with Gasteiger partial charge in [0.25, 0.3) is 0 Å². The van der Waals surface area contributed by atoms with Crippen LogP contribution in [0.15, 0.2) is 28.8 Å². The lowest BCUT2D eigenvalue weighted by atomic mass is 9.84. The third-order valence-corrected chi connectivity index (χ3v) is 7.17. The second kappa shape index (κ2) is 9.76. The van der Waals surface area contributed by atoms with Crippen LogP contribution in [0.25, 0.3) is 0 Å². The monoisotopic (exact) mass is 516 g/mol. The molecule has 2 aliphatic heterocycles. The Kier molecular flexibility index (Phi) is 7.09. The smallest absolute Gasteiger partial charge is 0.393 e. The minimum Gasteiger partial charge on any atom is -0.393 e. The fraction of sp³-hybridized carbons (Fsp3) is 0.591. The van der Waals surface area contributed by atoms with Gasteiger partial charge in [-0.3, -0.25) is 0 Å². The van der Waals surface area contributed by atoms with Crippen molar-refractivity contribution in [2.75, 3.05) is 32.4 Å². The number of piperidine rings is 2. The molecule has 2 aliphatic rings. The highest BCUT2D eigenvalue weighted by Gasteiger charge is 2.37. The quantitative estimate of drug-likeness (QED) is 0.664. The number of carbonyl (C=O) groups excluding carboxylic acids is 1. The van der Waals surface area contributed by atoms with Gasteiger partial charge in [-0.2, -0.15) is 18.2 Å². The van der Waals surface area contributed by atoms with Gasteiger partial charge in [-0.25, -0.2) is 13.2 Å². The number of aliphatic hydroxyl groups excluding tert-OH is 1. The van der Waals surface area contributed by atoms with Crippen molar-refractivity contribution >= 4 is 15.9 Å². The first-order chi connectivity index (χ1) is 16.4. The van der Waals surface area contributed by atoms with Gasteiger partial charge < -0.3 is 19.4 Å². The third kappa shape index (κ3) is 6.31. The van der Waals surface area contributed by atoms with Gasteiger partial charge in [-0.05, 0) is 37.0 Å². The van der Waals surface area contributed by atoms with Crippen molar-refractivity contribution in [3.05, 3.63) is 47.1 Å². The van der Waals surface area contributed by atoms with E-state index >= 15 is 0 Å². The van der Waals surface area contributed by atoms with E-state index < -0.39 is 33.6 Å². The molecule has 0 bridgehead atoms. The molecule has 35 heavy (non-hydrogen) atoms. The standard InChI is InChI=1S/C22H27F3N4O5S/c1-35(32,33)13-19-26-20(34-27-19)16-10-15(14-2-4-17(5-3-14)22(23,24)25)11-29(12-16)21(31)28-8-6-18(30)7-9-28/h2-5,15-16,18,30H,6-13H2,1H3. The largest absolute Gasteiger partial charge is 0.416 e. The van der Waals surface area contributed by atoms with Crippen LogP contribution in [0.4, 0.5) is 18.0 Å². The maximum absolute atomic E-state index is 13.3. The molecule has 4 rings (SSSR count). The van der Waals surface area contributed by atoms with Crippen molar-refractivity contribution in [1.29, 1.82) is 0 Å². The Bertz CT molecular complexity index is 1140. The summed E-state index contributed by atoms with van der Waals surface area (Å²) in [6.45, 7) is 1.36. The number of urea groups is 1. The predicted molar refractivity (Wildman–Crippen MR) is 118 cm³/mol. The van der Waals surface area contributed by atoms with Gasteiger partial charge in [-0.15, -0.1) is 0 Å². The summed E-state index contributed by atoms with van der Waals surface area (Å²) in [4.78, 5) is 20.8. The van der Waals surface area contributed by atoms with Crippen LogP contribution in [-0.2, 0) is 21.8 Å². The molecule has 2 fully saturated rings. The minimum absolute atomic E-state index is 0.0158. The number of benzene rings is 1. The van der Waals surface area contributed by atoms with Crippen LogP contribution in [0, 0.1) is 0 Å². The number of alkyl halides is 3. The summed E-state index contributed by atoms with van der Waals surface area (Å²) in [5.41, 5.74) is -0.110. The SMILES string of the molecule is CS(=O)(=O)Cc1noc(C2CC(c3ccc(C(F)(F)F)cc3)CN(C(=O)N3CCC(O)CC3)C2)n1. The number of nitrogens with zero attached hydrogens (tertiary/aromatic N) is 4. The van der Waals surface area contributed by atoms with Gasteiger partial charge >= 0.3 is 12.2 Å². The van der Waals surface area contributed by atoms with Crippen molar-refractivity contribution in [3.8, 4) is 0 Å². The Hall–Kier alpha value is -2.67. The predicted octanol–water partition coefficient (Wildman–Crippen LogP) is 2.78. The average Bonchev–Trinajstić information content (AvgIpc) is 3.25. The lowest BCUT2D eigenvalue weighted by Crippen LogP contribution is -2.51. The molecule has 2 saturated heterocycles. The lowest BCUT2D eigenvalue weighted by Gasteiger charge is -2.40. The highest BCUT2D eigenvalue weighted by atomic mass is 32.2. The highest BCUT2D eigenvalue weighted by Crippen LogP contribution is 2.37. The zero-order valence-corrected chi connectivity index (χ0v) is 19.9. The maximum atomic E-state index is 13.3. The Balaban J connectivity index is 1.58. The van der Waals surface area contributed by atoms with Crippen LogP contribution in [0.1, 0.15) is 53.9 Å². The minimum atomic E-state index is -4.45. The summed E-state index contributed by atoms with van der Waals surface area (Å²) >= 11 is 0. The molecular formula is C22H27F3N4O5S. The molecular weight excluding hydrogens is 489 g/mol. The number of likely N-dealkylation sites (tertiary alicyclic amines) is 2. The normalized spacial score (nSPS) is 22.4. The molecule has 2 unspecified atom stereocenters. The number of hydrogen-bond acceptors (Lipinski definition) is 7. The summed E-state index contributed by atoms with van der Waals surface area (Å²) in [5.74, 6) is -0.893. The van der Waals surface area contributed by atoms with Crippen molar-refractivity contribution < 1.29 is 36.0 Å². The molecule has 0 saturated carbocycles. The van der Waals surface area contributed by atoms with Gasteiger partial charge in [0.05, 0.1) is 17.6 Å². The molecule has 1 aromatic carbocycles. The Morgan fingerprint density at radius 1 is 1.11 bits per heavy atom. The van der Waals surface area contributed by atoms with Crippen molar-refractivity contribution in [1.82, 2.24) is 19.9 Å². The number of carbonyl (C=O) groups is 1. The number of halogens is 3. The van der Waals surface area contributed by atoms with Crippen molar-refractivity contribution in [2.45, 2.75) is 49.1 Å². The Morgan fingerprint density at radius 3 is 2.34 bits per heavy atom. The van der Waals surface area contributed by atoms with Crippen molar-refractivity contribution in [3.63, 3.8) is 0 Å². The van der Waals surface area contributed by atoms with Gasteiger partial charge in [0.1, 0.15) is 5.75 Å². The molecule has 2 amide bonds. The number of rotatable bonds is 4. The molecule has 1 aromatic heterocycles. The number of sulfone groups is 1. The Morgan fingerprint density at radius 2 is 1.74 bits per heavy atom. The van der Waals surface area contributed by atoms with E-state index in [1.165, 1.54) is 12.1 Å². The Labute approximate surface area is 200 Å². The number of hydrogen-bond donors (Lipinski definition) is 1. The maximum Gasteiger partial charge on any atom is 0.416 e. The molecule has 2 aromatic rings. The number of aromatic nitrogens is 2. The van der Waals surface area contributed by atoms with Crippen LogP contribution in [0.5, 0.6) is 0 Å². The second-order valence-corrected chi connectivity index (χ2v) is 11.4. The summed E-state index contributed by atoms with van der Waals surface area (Å²) in [5, 5.41) is 13.5. The summed E-state index contributed by atoms with van der Waals surface area (Å²) in [7, 11) is -3.38. The van der Waals surface area contributed by atoms with Crippen LogP contribution >= 0.6 is 0 Å². The summed E-state index contributed by atoms with van der Waals surface area (Å²) in [6, 6.07) is 4.65. The van der Waals surface area contributed by atoms with Crippen LogP contribution in [0.3, 0.4) is 0 Å². The van der Waals surface area contributed by atoms with E-state index in [9.17, 15) is 31.5 Å². The van der Waals surface area contributed by atoms with E-state index in [-0.39, 0.29) is 36.0 Å². The molecule has 3 heterocycles. The van der Waals surface area contributed by atoms with Crippen molar-refractivity contribution in [2.24, 2.45) is 0 Å². The first-order valence-electron chi connectivity index (χ1n) is 11.3. The van der Waals surface area contributed by atoms with Gasteiger partial charge in [0.15, 0.2) is 15.7 Å². The topological polar surface area (TPSA) is 117 Å². The van der Waals surface area contributed by atoms with E-state index in [2.05, 4.69) is 10.1 Å². The van der Waals surface area contributed by atoms with Gasteiger partial charge in [-0.1, -0.05) is 17.3 Å². The van der Waals surface area contributed by atoms with Crippen LogP contribution < -0.4 is 0 Å². The first kappa shape index (κ1) is 25.4. The van der Waals surface area contributed by atoms with Gasteiger partial charge in [0.2, 0.25) is 5.89 Å². The molecule has 9 nitrogen and oxygen atoms in total. The zero-order valence-electron chi connectivity index (χ0n) is 19.1. The third-order valence-electron chi connectivity index (χ3n) is 6.39. The molecule has 0 spiro atoms. The summed E-state index contributed by atoms with van der Waals surface area (Å²) < 4.78 is 67.6. The second-order valence-electron chi connectivity index (χ2n) is 9.27. The first-order valence-corrected chi connectivity index (χ1v) is 13.3. The molecule has 2 atom stereocenters. The van der Waals surface area contributed by atoms with Crippen LogP contribution in [0.2, 0.25) is 0 Å². The van der Waals surface area contributed by atoms with E-state index in [0.717, 1.165) is 18.4 Å². The average molecular weight is 517 g/mol. The van der Waals surface area contributed by atoms with E-state index in [1.807, 2.05) is 0 Å². The molecule has 0 aliphatic carbocycles. The number of amides is 2. The van der Waals surface area contributed by atoms with E-state index in [4.69, 9.17) is 4.52 Å². The highest BCUT2D eigenvalue weighted by molar-refractivity contribution is 7.89. The van der Waals surface area contributed by atoms with E-state index in [1.54, 1.807) is 9.80 Å². The summed E-state index contributed by atoms with van der Waals surface area (Å²) in [6.07, 6.45) is -2.45. The number of aliphatic hydroxyl groups is 1.